The fraction of sp³-hybridized carbons (Fsp3) is 0.571. The van der Waals surface area contributed by atoms with Gasteiger partial charge in [0.15, 0.2) is 11.5 Å². The first-order chi connectivity index (χ1) is 10.7. The lowest BCUT2D eigenvalue weighted by molar-refractivity contribution is -0.140. The zero-order chi connectivity index (χ0) is 15.1. The van der Waals surface area contributed by atoms with E-state index in [2.05, 4.69) is 20.2 Å². The third-order valence-electron chi connectivity index (χ3n) is 4.28. The average Bonchev–Trinajstić information content (AvgIpc) is 2.88. The molecule has 116 valence electrons. The minimum Gasteiger partial charge on any atom is -0.378 e. The molecule has 4 heterocycles. The molecule has 22 heavy (non-hydrogen) atoms. The second-order valence-electron chi connectivity index (χ2n) is 5.75. The molecule has 0 radical (unpaired) electrons. The Morgan fingerprint density at radius 2 is 2.00 bits per heavy atom. The lowest BCUT2D eigenvalue weighted by Gasteiger charge is -2.41. The normalized spacial score (nSPS) is 19.5. The minimum absolute atomic E-state index is 0.0672. The van der Waals surface area contributed by atoms with Gasteiger partial charge in [-0.3, -0.25) is 4.79 Å². The summed E-state index contributed by atoms with van der Waals surface area (Å²) in [6.07, 6.45) is 0. The standard InChI is InChI=1S/C14H18N6O2/c1-10-15-16-12-2-3-13(17-20(10)12)19-8-11(9-19)14(21)18-4-6-22-7-5-18/h2-3,11H,4-9H2,1H3. The number of morpholine rings is 1. The van der Waals surface area contributed by atoms with E-state index in [0.29, 0.717) is 26.3 Å². The SMILES string of the molecule is Cc1nnc2ccc(N3CC(C(=O)N4CCOCC4)C3)nn12. The topological polar surface area (TPSA) is 75.9 Å². The van der Waals surface area contributed by atoms with Crippen molar-refractivity contribution in [2.75, 3.05) is 44.3 Å². The van der Waals surface area contributed by atoms with Crippen LogP contribution in [0.4, 0.5) is 5.82 Å². The van der Waals surface area contributed by atoms with Crippen molar-refractivity contribution >= 4 is 17.4 Å². The number of fused-ring (bicyclic) bond motifs is 1. The highest BCUT2D eigenvalue weighted by molar-refractivity contribution is 5.82. The maximum Gasteiger partial charge on any atom is 0.229 e. The fourth-order valence-electron chi connectivity index (χ4n) is 2.92. The van der Waals surface area contributed by atoms with Crippen molar-refractivity contribution < 1.29 is 9.53 Å². The largest absolute Gasteiger partial charge is 0.378 e. The van der Waals surface area contributed by atoms with Gasteiger partial charge < -0.3 is 14.5 Å². The van der Waals surface area contributed by atoms with E-state index in [9.17, 15) is 4.79 Å². The molecular formula is C14H18N6O2. The van der Waals surface area contributed by atoms with Crippen molar-refractivity contribution in [3.05, 3.63) is 18.0 Å². The predicted molar refractivity (Wildman–Crippen MR) is 78.6 cm³/mol. The number of anilines is 1. The maximum absolute atomic E-state index is 12.4. The molecule has 0 N–H and O–H groups in total. The molecule has 1 amide bonds. The molecular weight excluding hydrogens is 284 g/mol. The monoisotopic (exact) mass is 302 g/mol. The van der Waals surface area contributed by atoms with E-state index in [4.69, 9.17) is 4.74 Å². The highest BCUT2D eigenvalue weighted by atomic mass is 16.5. The second-order valence-corrected chi connectivity index (χ2v) is 5.75. The molecule has 2 aliphatic rings. The summed E-state index contributed by atoms with van der Waals surface area (Å²) in [5, 5.41) is 12.6. The molecule has 2 aromatic heterocycles. The van der Waals surface area contributed by atoms with Gasteiger partial charge in [-0.05, 0) is 19.1 Å². The number of aryl methyl sites for hydroxylation is 1. The molecule has 0 aromatic carbocycles. The van der Waals surface area contributed by atoms with Crippen molar-refractivity contribution in [1.29, 1.82) is 0 Å². The number of carbonyl (C=O) groups excluding carboxylic acids is 1. The highest BCUT2D eigenvalue weighted by Crippen LogP contribution is 2.24. The van der Waals surface area contributed by atoms with E-state index < -0.39 is 0 Å². The summed E-state index contributed by atoms with van der Waals surface area (Å²) in [5.74, 6) is 1.93. The van der Waals surface area contributed by atoms with E-state index in [1.54, 1.807) is 4.52 Å². The third kappa shape index (κ3) is 2.19. The van der Waals surface area contributed by atoms with Gasteiger partial charge >= 0.3 is 0 Å². The number of ether oxygens (including phenoxy) is 1. The zero-order valence-electron chi connectivity index (χ0n) is 12.5. The van der Waals surface area contributed by atoms with Crippen LogP contribution in [0.15, 0.2) is 12.1 Å². The Balaban J connectivity index is 1.43. The van der Waals surface area contributed by atoms with E-state index in [-0.39, 0.29) is 11.8 Å². The van der Waals surface area contributed by atoms with E-state index >= 15 is 0 Å². The maximum atomic E-state index is 12.4. The summed E-state index contributed by atoms with van der Waals surface area (Å²) in [5.41, 5.74) is 0.739. The summed E-state index contributed by atoms with van der Waals surface area (Å²) in [6, 6.07) is 3.83. The van der Waals surface area contributed by atoms with Crippen LogP contribution in [0, 0.1) is 12.8 Å². The summed E-state index contributed by atoms with van der Waals surface area (Å²) in [6.45, 7) is 6.02. The Bertz CT molecular complexity index is 702. The van der Waals surface area contributed by atoms with Gasteiger partial charge in [0.25, 0.3) is 0 Å². The Morgan fingerprint density at radius 3 is 2.77 bits per heavy atom. The van der Waals surface area contributed by atoms with Crippen LogP contribution in [0.1, 0.15) is 5.82 Å². The number of hydrogen-bond donors (Lipinski definition) is 0. The van der Waals surface area contributed by atoms with Gasteiger partial charge in [-0.1, -0.05) is 0 Å². The van der Waals surface area contributed by atoms with Crippen LogP contribution in [-0.2, 0) is 9.53 Å². The molecule has 2 aliphatic heterocycles. The number of amides is 1. The Kier molecular flexibility index (Phi) is 3.18. The van der Waals surface area contributed by atoms with E-state index in [1.165, 1.54) is 0 Å². The molecule has 2 aromatic rings. The van der Waals surface area contributed by atoms with Crippen LogP contribution < -0.4 is 4.90 Å². The van der Waals surface area contributed by atoms with Crippen LogP contribution in [0.5, 0.6) is 0 Å². The van der Waals surface area contributed by atoms with Gasteiger partial charge in [-0.2, -0.15) is 4.52 Å². The lowest BCUT2D eigenvalue weighted by Crippen LogP contribution is -2.56. The fourth-order valence-corrected chi connectivity index (χ4v) is 2.92. The molecule has 2 saturated heterocycles. The molecule has 0 unspecified atom stereocenters. The number of rotatable bonds is 2. The van der Waals surface area contributed by atoms with Gasteiger partial charge in [0, 0.05) is 26.2 Å². The Labute approximate surface area is 127 Å². The summed E-state index contributed by atoms with van der Waals surface area (Å²) >= 11 is 0. The molecule has 0 saturated carbocycles. The van der Waals surface area contributed by atoms with Gasteiger partial charge in [0.05, 0.1) is 19.1 Å². The second kappa shape index (κ2) is 5.20. The number of nitrogens with zero attached hydrogens (tertiary/aromatic N) is 6. The van der Waals surface area contributed by atoms with Crippen LogP contribution in [0.2, 0.25) is 0 Å². The number of aromatic nitrogens is 4. The van der Waals surface area contributed by atoms with Crippen LogP contribution in [0.25, 0.3) is 5.65 Å². The first kappa shape index (κ1) is 13.4. The average molecular weight is 302 g/mol. The molecule has 8 nitrogen and oxygen atoms in total. The molecule has 0 spiro atoms. The van der Waals surface area contributed by atoms with Crippen molar-refractivity contribution in [2.24, 2.45) is 5.92 Å². The van der Waals surface area contributed by atoms with Crippen molar-refractivity contribution in [2.45, 2.75) is 6.92 Å². The summed E-state index contributed by atoms with van der Waals surface area (Å²) < 4.78 is 7.02. The molecule has 0 aliphatic carbocycles. The zero-order valence-corrected chi connectivity index (χ0v) is 12.5. The molecule has 2 fully saturated rings. The summed E-state index contributed by atoms with van der Waals surface area (Å²) in [7, 11) is 0. The molecule has 0 bridgehead atoms. The first-order valence-electron chi connectivity index (χ1n) is 7.53. The lowest BCUT2D eigenvalue weighted by atomic mass is 9.98. The smallest absolute Gasteiger partial charge is 0.229 e. The van der Waals surface area contributed by atoms with E-state index in [1.807, 2.05) is 24.0 Å². The molecule has 8 heteroatoms. The number of hydrogen-bond acceptors (Lipinski definition) is 6. The third-order valence-corrected chi connectivity index (χ3v) is 4.28. The van der Waals surface area contributed by atoms with Crippen molar-refractivity contribution in [3.8, 4) is 0 Å². The quantitative estimate of drug-likeness (QED) is 0.760. The number of carbonyl (C=O) groups is 1. The van der Waals surface area contributed by atoms with Gasteiger partial charge in [-0.15, -0.1) is 15.3 Å². The van der Waals surface area contributed by atoms with Crippen molar-refractivity contribution in [1.82, 2.24) is 24.7 Å². The molecule has 4 rings (SSSR count). The Hall–Kier alpha value is -2.22. The predicted octanol–water partition coefficient (Wildman–Crippen LogP) is -0.272. The minimum atomic E-state index is 0.0672. The summed E-state index contributed by atoms with van der Waals surface area (Å²) in [4.78, 5) is 16.4. The highest BCUT2D eigenvalue weighted by Gasteiger charge is 2.36. The van der Waals surface area contributed by atoms with Crippen LogP contribution in [-0.4, -0.2) is 70.0 Å². The van der Waals surface area contributed by atoms with Crippen LogP contribution in [0.3, 0.4) is 0 Å². The van der Waals surface area contributed by atoms with E-state index in [0.717, 1.165) is 30.4 Å². The first-order valence-corrected chi connectivity index (χ1v) is 7.53. The van der Waals surface area contributed by atoms with Gasteiger partial charge in [0.2, 0.25) is 5.91 Å². The Morgan fingerprint density at radius 1 is 1.23 bits per heavy atom. The van der Waals surface area contributed by atoms with Gasteiger partial charge in [-0.25, -0.2) is 0 Å². The van der Waals surface area contributed by atoms with Gasteiger partial charge in [0.1, 0.15) is 5.82 Å². The van der Waals surface area contributed by atoms with Crippen molar-refractivity contribution in [3.63, 3.8) is 0 Å². The van der Waals surface area contributed by atoms with Crippen LogP contribution >= 0.6 is 0 Å². The molecule has 0 atom stereocenters.